The monoisotopic (exact) mass is 316 g/mol. The highest BCUT2D eigenvalue weighted by atomic mass is 79.9. The van der Waals surface area contributed by atoms with Gasteiger partial charge in [-0.2, -0.15) is 0 Å². The third-order valence-corrected chi connectivity index (χ3v) is 3.20. The van der Waals surface area contributed by atoms with Gasteiger partial charge in [0.2, 0.25) is 0 Å². The van der Waals surface area contributed by atoms with Gasteiger partial charge in [-0.1, -0.05) is 0 Å². The predicted octanol–water partition coefficient (Wildman–Crippen LogP) is 0.791. The highest BCUT2D eigenvalue weighted by molar-refractivity contribution is 9.10. The Kier molecular flexibility index (Phi) is 4.03. The standard InChI is InChI=1S/C11H13BrN2O4/c1-17-11(16)9-6-18-3-2-14(9)10(15)8-4-7(12)5-13-8/h4-5,9,13H,2-3,6H2,1H3. The van der Waals surface area contributed by atoms with E-state index in [1.807, 2.05) is 0 Å². The van der Waals surface area contributed by atoms with Crippen LogP contribution in [0.4, 0.5) is 0 Å². The second kappa shape index (κ2) is 5.53. The average molecular weight is 317 g/mol. The Morgan fingerprint density at radius 1 is 1.61 bits per heavy atom. The van der Waals surface area contributed by atoms with E-state index in [0.29, 0.717) is 18.8 Å². The van der Waals surface area contributed by atoms with Gasteiger partial charge in [0, 0.05) is 17.2 Å². The fourth-order valence-electron chi connectivity index (χ4n) is 1.82. The van der Waals surface area contributed by atoms with Gasteiger partial charge in [-0.25, -0.2) is 4.79 Å². The molecule has 1 aliphatic rings. The minimum atomic E-state index is -0.682. The fraction of sp³-hybridized carbons (Fsp3) is 0.455. The second-order valence-electron chi connectivity index (χ2n) is 3.84. The summed E-state index contributed by atoms with van der Waals surface area (Å²) >= 11 is 3.26. The number of nitrogens with one attached hydrogen (secondary N) is 1. The molecule has 0 spiro atoms. The van der Waals surface area contributed by atoms with Crippen LogP contribution in [0.2, 0.25) is 0 Å². The Balaban J connectivity index is 2.18. The highest BCUT2D eigenvalue weighted by Gasteiger charge is 2.34. The molecule has 98 valence electrons. The van der Waals surface area contributed by atoms with Gasteiger partial charge in [0.25, 0.3) is 5.91 Å². The van der Waals surface area contributed by atoms with Crippen molar-refractivity contribution < 1.29 is 19.1 Å². The number of H-pyrrole nitrogens is 1. The number of halogens is 1. The smallest absolute Gasteiger partial charge is 0.331 e. The summed E-state index contributed by atoms with van der Waals surface area (Å²) in [4.78, 5) is 28.2. The molecule has 18 heavy (non-hydrogen) atoms. The summed E-state index contributed by atoms with van der Waals surface area (Å²) in [6.45, 7) is 0.955. The normalized spacial score (nSPS) is 19.7. The zero-order valence-electron chi connectivity index (χ0n) is 9.81. The molecule has 7 heteroatoms. The number of rotatable bonds is 2. The first-order valence-corrected chi connectivity index (χ1v) is 6.23. The molecule has 0 saturated carbocycles. The maximum atomic E-state index is 12.3. The number of aromatic amines is 1. The van der Waals surface area contributed by atoms with Crippen molar-refractivity contribution in [3.63, 3.8) is 0 Å². The van der Waals surface area contributed by atoms with Gasteiger partial charge in [0.15, 0.2) is 6.04 Å². The van der Waals surface area contributed by atoms with Gasteiger partial charge >= 0.3 is 5.97 Å². The van der Waals surface area contributed by atoms with Crippen molar-refractivity contribution in [1.82, 2.24) is 9.88 Å². The molecule has 1 N–H and O–H groups in total. The van der Waals surface area contributed by atoms with Crippen LogP contribution in [0.3, 0.4) is 0 Å². The van der Waals surface area contributed by atoms with Crippen molar-refractivity contribution in [3.8, 4) is 0 Å². The number of aromatic nitrogens is 1. The molecule has 1 aliphatic heterocycles. The molecular formula is C11H13BrN2O4. The lowest BCUT2D eigenvalue weighted by Crippen LogP contribution is -2.53. The fourth-order valence-corrected chi connectivity index (χ4v) is 2.17. The lowest BCUT2D eigenvalue weighted by atomic mass is 10.2. The molecule has 2 heterocycles. The van der Waals surface area contributed by atoms with Crippen LogP contribution in [0.15, 0.2) is 16.7 Å². The number of carbonyl (C=O) groups excluding carboxylic acids is 2. The summed E-state index contributed by atoms with van der Waals surface area (Å²) in [6, 6.07) is 0.991. The van der Waals surface area contributed by atoms with E-state index in [0.717, 1.165) is 4.47 Å². The zero-order valence-corrected chi connectivity index (χ0v) is 11.4. The molecular weight excluding hydrogens is 304 g/mol. The first-order valence-electron chi connectivity index (χ1n) is 5.44. The minimum Gasteiger partial charge on any atom is -0.467 e. The van der Waals surface area contributed by atoms with Crippen molar-refractivity contribution in [2.75, 3.05) is 26.9 Å². The third kappa shape index (κ3) is 2.56. The molecule has 1 aromatic rings. The number of nitrogens with zero attached hydrogens (tertiary/aromatic N) is 1. The Morgan fingerprint density at radius 2 is 2.39 bits per heavy atom. The largest absolute Gasteiger partial charge is 0.467 e. The molecule has 1 fully saturated rings. The van der Waals surface area contributed by atoms with E-state index < -0.39 is 12.0 Å². The first kappa shape index (κ1) is 13.1. The average Bonchev–Trinajstić information content (AvgIpc) is 2.83. The summed E-state index contributed by atoms with van der Waals surface area (Å²) in [5, 5.41) is 0. The van der Waals surface area contributed by atoms with E-state index in [4.69, 9.17) is 4.74 Å². The molecule has 1 unspecified atom stereocenters. The number of amides is 1. The van der Waals surface area contributed by atoms with Crippen LogP contribution in [0, 0.1) is 0 Å². The summed E-state index contributed by atoms with van der Waals surface area (Å²) in [5.74, 6) is -0.701. The van der Waals surface area contributed by atoms with Crippen LogP contribution < -0.4 is 0 Å². The van der Waals surface area contributed by atoms with Crippen molar-refractivity contribution in [2.24, 2.45) is 0 Å². The van der Waals surface area contributed by atoms with Gasteiger partial charge < -0.3 is 19.4 Å². The number of methoxy groups -OCH3 is 1. The zero-order chi connectivity index (χ0) is 13.1. The topological polar surface area (TPSA) is 71.6 Å². The first-order chi connectivity index (χ1) is 8.63. The quantitative estimate of drug-likeness (QED) is 0.819. The lowest BCUT2D eigenvalue weighted by Gasteiger charge is -2.33. The summed E-state index contributed by atoms with van der Waals surface area (Å²) in [7, 11) is 1.30. The molecule has 0 aromatic carbocycles. The number of hydrogen-bond donors (Lipinski definition) is 1. The maximum Gasteiger partial charge on any atom is 0.331 e. The van der Waals surface area contributed by atoms with Gasteiger partial charge in [-0.15, -0.1) is 0 Å². The third-order valence-electron chi connectivity index (χ3n) is 2.74. The summed E-state index contributed by atoms with van der Waals surface area (Å²) in [5.41, 5.74) is 0.428. The van der Waals surface area contributed by atoms with Gasteiger partial charge in [0.05, 0.1) is 20.3 Å². The van der Waals surface area contributed by atoms with E-state index in [9.17, 15) is 9.59 Å². The maximum absolute atomic E-state index is 12.3. The van der Waals surface area contributed by atoms with Crippen molar-refractivity contribution in [1.29, 1.82) is 0 Å². The second-order valence-corrected chi connectivity index (χ2v) is 4.76. The Hall–Kier alpha value is -1.34. The molecule has 0 aliphatic carbocycles. The SMILES string of the molecule is COC(=O)C1COCCN1C(=O)c1cc(Br)c[nH]1. The molecule has 1 atom stereocenters. The van der Waals surface area contributed by atoms with E-state index in [2.05, 4.69) is 25.7 Å². The Bertz CT molecular complexity index is 460. The number of ether oxygens (including phenoxy) is 2. The Labute approximate surface area is 112 Å². The number of morpholine rings is 1. The molecule has 6 nitrogen and oxygen atoms in total. The van der Waals surface area contributed by atoms with Crippen LogP contribution in [0.1, 0.15) is 10.5 Å². The Morgan fingerprint density at radius 3 is 3.00 bits per heavy atom. The number of hydrogen-bond acceptors (Lipinski definition) is 4. The summed E-state index contributed by atoms with van der Waals surface area (Å²) in [6.07, 6.45) is 1.67. The highest BCUT2D eigenvalue weighted by Crippen LogP contribution is 2.16. The predicted molar refractivity (Wildman–Crippen MR) is 66.2 cm³/mol. The number of carbonyl (C=O) groups is 2. The minimum absolute atomic E-state index is 0.167. The lowest BCUT2D eigenvalue weighted by molar-refractivity contribution is -0.151. The van der Waals surface area contributed by atoms with Crippen LogP contribution in [-0.2, 0) is 14.3 Å². The van der Waals surface area contributed by atoms with Crippen molar-refractivity contribution in [3.05, 3.63) is 22.4 Å². The molecule has 1 aromatic heterocycles. The molecule has 0 radical (unpaired) electrons. The number of esters is 1. The van der Waals surface area contributed by atoms with Crippen LogP contribution >= 0.6 is 15.9 Å². The van der Waals surface area contributed by atoms with E-state index in [1.54, 1.807) is 12.3 Å². The van der Waals surface area contributed by atoms with E-state index in [1.165, 1.54) is 12.0 Å². The van der Waals surface area contributed by atoms with Crippen molar-refractivity contribution >= 4 is 27.8 Å². The van der Waals surface area contributed by atoms with Gasteiger partial charge in [-0.3, -0.25) is 4.79 Å². The van der Waals surface area contributed by atoms with Gasteiger partial charge in [-0.05, 0) is 22.0 Å². The molecule has 1 saturated heterocycles. The molecule has 2 rings (SSSR count). The van der Waals surface area contributed by atoms with Gasteiger partial charge in [0.1, 0.15) is 5.69 Å². The van der Waals surface area contributed by atoms with Crippen LogP contribution in [0.25, 0.3) is 0 Å². The van der Waals surface area contributed by atoms with Crippen molar-refractivity contribution in [2.45, 2.75) is 6.04 Å². The molecule has 0 bridgehead atoms. The van der Waals surface area contributed by atoms with E-state index in [-0.39, 0.29) is 12.5 Å². The van der Waals surface area contributed by atoms with E-state index >= 15 is 0 Å². The van der Waals surface area contributed by atoms with Crippen LogP contribution in [-0.4, -0.2) is 54.7 Å². The van der Waals surface area contributed by atoms with Crippen LogP contribution in [0.5, 0.6) is 0 Å². The molecule has 1 amide bonds. The summed E-state index contributed by atoms with van der Waals surface area (Å²) < 4.78 is 10.7.